The highest BCUT2D eigenvalue weighted by molar-refractivity contribution is 5.03. The summed E-state index contributed by atoms with van der Waals surface area (Å²) in [5.74, 6) is 0. The second kappa shape index (κ2) is 7.49. The fourth-order valence-electron chi connectivity index (χ4n) is 1.62. The average Bonchev–Trinajstić information content (AvgIpc) is 2.33. The third kappa shape index (κ3) is 6.72. The van der Waals surface area contributed by atoms with Gasteiger partial charge >= 0.3 is 0 Å². The fourth-order valence-corrected chi connectivity index (χ4v) is 1.62. The Balaban J connectivity index is 2.23. The van der Waals surface area contributed by atoms with Gasteiger partial charge in [-0.25, -0.2) is 0 Å². The van der Waals surface area contributed by atoms with Crippen molar-refractivity contribution in [2.75, 3.05) is 13.2 Å². The van der Waals surface area contributed by atoms with Gasteiger partial charge in [0, 0.05) is 30.4 Å². The number of nitrogens with one attached hydrogen (secondary N) is 1. The lowest BCUT2D eigenvalue weighted by Crippen LogP contribution is -2.41. The number of rotatable bonds is 7. The van der Waals surface area contributed by atoms with Crippen molar-refractivity contribution in [1.29, 1.82) is 0 Å². The molecule has 0 amide bonds. The third-order valence-corrected chi connectivity index (χ3v) is 2.75. The Kier molecular flexibility index (Phi) is 6.30. The first-order valence-electron chi connectivity index (χ1n) is 6.78. The highest BCUT2D eigenvalue weighted by Crippen LogP contribution is 2.04. The van der Waals surface area contributed by atoms with Gasteiger partial charge < -0.3 is 10.1 Å². The van der Waals surface area contributed by atoms with Gasteiger partial charge in [-0.05, 0) is 39.3 Å². The molecule has 1 aromatic rings. The van der Waals surface area contributed by atoms with E-state index in [-0.39, 0.29) is 11.6 Å². The molecular formula is C15H26N2O. The number of aromatic nitrogens is 1. The Morgan fingerprint density at radius 2 is 2.11 bits per heavy atom. The quantitative estimate of drug-likeness (QED) is 0.808. The lowest BCUT2D eigenvalue weighted by Gasteiger charge is -2.24. The number of nitrogens with zero attached hydrogens (tertiary/aromatic N) is 1. The summed E-state index contributed by atoms with van der Waals surface area (Å²) < 4.78 is 5.89. The van der Waals surface area contributed by atoms with Crippen LogP contribution in [0, 0.1) is 0 Å². The van der Waals surface area contributed by atoms with Crippen LogP contribution in [-0.2, 0) is 11.2 Å². The molecule has 0 aliphatic rings. The van der Waals surface area contributed by atoms with E-state index < -0.39 is 0 Å². The Hall–Kier alpha value is -0.930. The summed E-state index contributed by atoms with van der Waals surface area (Å²) in [6.07, 6.45) is 4.03. The third-order valence-electron chi connectivity index (χ3n) is 2.75. The van der Waals surface area contributed by atoms with Crippen LogP contribution in [0.25, 0.3) is 0 Å². The van der Waals surface area contributed by atoms with Crippen LogP contribution in [0.4, 0.5) is 0 Å². The van der Waals surface area contributed by atoms with Gasteiger partial charge in [0.15, 0.2) is 0 Å². The van der Waals surface area contributed by atoms with E-state index in [1.807, 2.05) is 24.4 Å². The van der Waals surface area contributed by atoms with Gasteiger partial charge in [-0.3, -0.25) is 4.98 Å². The van der Waals surface area contributed by atoms with Gasteiger partial charge in [0.05, 0.1) is 12.7 Å². The van der Waals surface area contributed by atoms with Crippen LogP contribution in [0.2, 0.25) is 0 Å². The maximum Gasteiger partial charge on any atom is 0.0697 e. The minimum absolute atomic E-state index is 0.151. The lowest BCUT2D eigenvalue weighted by molar-refractivity contribution is 0.0483. The summed E-state index contributed by atoms with van der Waals surface area (Å²) in [6, 6.07) is 5.99. The molecule has 0 aliphatic carbocycles. The monoisotopic (exact) mass is 250 g/mol. The molecule has 0 aromatic carbocycles. The molecule has 0 fully saturated rings. The van der Waals surface area contributed by atoms with Gasteiger partial charge in [0.2, 0.25) is 0 Å². The van der Waals surface area contributed by atoms with E-state index >= 15 is 0 Å². The molecule has 0 aliphatic heterocycles. The maximum absolute atomic E-state index is 5.89. The summed E-state index contributed by atoms with van der Waals surface area (Å²) in [6.45, 7) is 10.3. The van der Waals surface area contributed by atoms with Crippen LogP contribution in [0.3, 0.4) is 0 Å². The Morgan fingerprint density at radius 3 is 2.67 bits per heavy atom. The van der Waals surface area contributed by atoms with Crippen molar-refractivity contribution in [3.63, 3.8) is 0 Å². The van der Waals surface area contributed by atoms with Crippen LogP contribution >= 0.6 is 0 Å². The molecule has 18 heavy (non-hydrogen) atoms. The SMILES string of the molecule is CCC(CNC(C)(C)C)OCCc1ccccn1. The molecule has 1 unspecified atom stereocenters. The molecule has 0 saturated heterocycles. The first-order chi connectivity index (χ1) is 8.51. The molecule has 102 valence electrons. The molecule has 0 saturated carbocycles. The molecule has 0 spiro atoms. The van der Waals surface area contributed by atoms with E-state index in [0.29, 0.717) is 0 Å². The Bertz CT molecular complexity index is 319. The van der Waals surface area contributed by atoms with E-state index in [2.05, 4.69) is 38.0 Å². The van der Waals surface area contributed by atoms with Crippen LogP contribution in [0.5, 0.6) is 0 Å². The lowest BCUT2D eigenvalue weighted by atomic mass is 10.1. The number of ether oxygens (including phenoxy) is 1. The molecule has 1 aromatic heterocycles. The zero-order valence-electron chi connectivity index (χ0n) is 12.1. The zero-order chi connectivity index (χ0) is 13.4. The average molecular weight is 250 g/mol. The highest BCUT2D eigenvalue weighted by atomic mass is 16.5. The van der Waals surface area contributed by atoms with Gasteiger partial charge in [-0.1, -0.05) is 13.0 Å². The Morgan fingerprint density at radius 1 is 1.33 bits per heavy atom. The molecule has 3 nitrogen and oxygen atoms in total. The van der Waals surface area contributed by atoms with Gasteiger partial charge in [-0.15, -0.1) is 0 Å². The number of hydrogen-bond donors (Lipinski definition) is 1. The fraction of sp³-hybridized carbons (Fsp3) is 0.667. The van der Waals surface area contributed by atoms with Gasteiger partial charge in [0.1, 0.15) is 0 Å². The molecule has 1 atom stereocenters. The van der Waals surface area contributed by atoms with Crippen molar-refractivity contribution >= 4 is 0 Å². The molecule has 1 N–H and O–H groups in total. The molecule has 1 rings (SSSR count). The predicted molar refractivity (Wildman–Crippen MR) is 75.7 cm³/mol. The van der Waals surface area contributed by atoms with E-state index in [9.17, 15) is 0 Å². The van der Waals surface area contributed by atoms with Gasteiger partial charge in [-0.2, -0.15) is 0 Å². The predicted octanol–water partition coefficient (Wildman–Crippen LogP) is 2.81. The summed E-state index contributed by atoms with van der Waals surface area (Å²) in [5.41, 5.74) is 1.24. The molecule has 1 heterocycles. The van der Waals surface area contributed by atoms with Crippen molar-refractivity contribution in [1.82, 2.24) is 10.3 Å². The summed E-state index contributed by atoms with van der Waals surface area (Å²) in [4.78, 5) is 4.29. The van der Waals surface area contributed by atoms with Crippen molar-refractivity contribution < 1.29 is 4.74 Å². The first-order valence-corrected chi connectivity index (χ1v) is 6.78. The van der Waals surface area contributed by atoms with E-state index in [0.717, 1.165) is 31.7 Å². The highest BCUT2D eigenvalue weighted by Gasteiger charge is 2.13. The minimum Gasteiger partial charge on any atom is -0.377 e. The normalized spacial score (nSPS) is 13.6. The largest absolute Gasteiger partial charge is 0.377 e. The van der Waals surface area contributed by atoms with Crippen LogP contribution in [-0.4, -0.2) is 29.8 Å². The summed E-state index contributed by atoms with van der Waals surface area (Å²) >= 11 is 0. The number of pyridine rings is 1. The Labute approximate surface area is 111 Å². The van der Waals surface area contributed by atoms with E-state index in [1.165, 1.54) is 0 Å². The smallest absolute Gasteiger partial charge is 0.0697 e. The van der Waals surface area contributed by atoms with Crippen molar-refractivity contribution in [2.45, 2.75) is 52.2 Å². The summed E-state index contributed by atoms with van der Waals surface area (Å²) in [7, 11) is 0. The van der Waals surface area contributed by atoms with Crippen molar-refractivity contribution in [3.05, 3.63) is 30.1 Å². The van der Waals surface area contributed by atoms with Crippen molar-refractivity contribution in [2.24, 2.45) is 0 Å². The zero-order valence-corrected chi connectivity index (χ0v) is 12.1. The van der Waals surface area contributed by atoms with Crippen LogP contribution in [0.15, 0.2) is 24.4 Å². The molecule has 3 heteroatoms. The molecular weight excluding hydrogens is 224 g/mol. The van der Waals surface area contributed by atoms with E-state index in [4.69, 9.17) is 4.74 Å². The summed E-state index contributed by atoms with van der Waals surface area (Å²) in [5, 5.41) is 3.48. The second-order valence-electron chi connectivity index (χ2n) is 5.60. The van der Waals surface area contributed by atoms with Gasteiger partial charge in [0.25, 0.3) is 0 Å². The second-order valence-corrected chi connectivity index (χ2v) is 5.60. The van der Waals surface area contributed by atoms with Crippen LogP contribution in [0.1, 0.15) is 39.8 Å². The van der Waals surface area contributed by atoms with E-state index in [1.54, 1.807) is 0 Å². The minimum atomic E-state index is 0.151. The van der Waals surface area contributed by atoms with Crippen molar-refractivity contribution in [3.8, 4) is 0 Å². The molecule has 0 bridgehead atoms. The topological polar surface area (TPSA) is 34.1 Å². The standard InChI is InChI=1S/C15H26N2O/c1-5-14(12-17-15(2,3)4)18-11-9-13-8-6-7-10-16-13/h6-8,10,14,17H,5,9,11-12H2,1-4H3. The number of hydrogen-bond acceptors (Lipinski definition) is 3. The maximum atomic E-state index is 5.89. The molecule has 0 radical (unpaired) electrons. The van der Waals surface area contributed by atoms with Crippen LogP contribution < -0.4 is 5.32 Å². The first kappa shape index (κ1) is 15.1.